The fourth-order valence-corrected chi connectivity index (χ4v) is 6.78. The molecule has 0 unspecified atom stereocenters. The summed E-state index contributed by atoms with van der Waals surface area (Å²) in [5.41, 5.74) is 8.88. The minimum atomic E-state index is -0.476. The van der Waals surface area contributed by atoms with E-state index in [1.807, 2.05) is 25.1 Å². The van der Waals surface area contributed by atoms with Gasteiger partial charge in [0.25, 0.3) is 5.91 Å². The minimum absolute atomic E-state index is 0.154. The molecule has 0 radical (unpaired) electrons. The number of hydrogen-bond donors (Lipinski definition) is 2. The highest BCUT2D eigenvalue weighted by Crippen LogP contribution is 2.43. The highest BCUT2D eigenvalue weighted by molar-refractivity contribution is 7.20. The molecule has 0 saturated carbocycles. The highest BCUT2D eigenvalue weighted by Gasteiger charge is 2.38. The van der Waals surface area contributed by atoms with Gasteiger partial charge in [-0.2, -0.15) is 0 Å². The number of nitrogens with two attached hydrogens (primary N) is 1. The molecule has 1 aromatic carbocycles. The molecular weight excluding hydrogens is 427 g/mol. The molecule has 2 fully saturated rings. The van der Waals surface area contributed by atoms with E-state index >= 15 is 4.39 Å². The Morgan fingerprint density at radius 1 is 1.34 bits per heavy atom. The molecule has 3 aliphatic rings. The molecule has 6 rings (SSSR count). The van der Waals surface area contributed by atoms with Crippen LogP contribution < -0.4 is 20.7 Å². The monoisotopic (exact) mass is 452 g/mol. The number of pyridine rings is 1. The number of anilines is 1. The van der Waals surface area contributed by atoms with Gasteiger partial charge >= 0.3 is 0 Å². The maximum atomic E-state index is 15.3. The minimum Gasteiger partial charge on any atom is -0.492 e. The van der Waals surface area contributed by atoms with E-state index in [1.165, 1.54) is 11.3 Å². The summed E-state index contributed by atoms with van der Waals surface area (Å²) in [6.45, 7) is 5.23. The van der Waals surface area contributed by atoms with Crippen LogP contribution in [0, 0.1) is 18.7 Å². The number of ether oxygens (including phenoxy) is 1. The van der Waals surface area contributed by atoms with Crippen LogP contribution in [0.25, 0.3) is 10.2 Å². The molecule has 3 N–H and O–H groups in total. The molecule has 2 aromatic heterocycles. The number of rotatable bonds is 3. The van der Waals surface area contributed by atoms with Crippen molar-refractivity contribution in [3.63, 3.8) is 0 Å². The second-order valence-corrected chi connectivity index (χ2v) is 10.1. The Bertz CT molecular complexity index is 1240. The Hall–Kier alpha value is -2.71. The molecule has 5 heterocycles. The van der Waals surface area contributed by atoms with E-state index in [4.69, 9.17) is 10.5 Å². The topological polar surface area (TPSA) is 80.5 Å². The van der Waals surface area contributed by atoms with Crippen LogP contribution in [0.5, 0.6) is 5.75 Å². The number of carbonyl (C=O) groups is 1. The van der Waals surface area contributed by atoms with E-state index in [1.54, 1.807) is 6.07 Å². The van der Waals surface area contributed by atoms with Crippen molar-refractivity contribution in [3.8, 4) is 5.75 Å². The molecule has 0 spiro atoms. The van der Waals surface area contributed by atoms with E-state index in [0.29, 0.717) is 41.2 Å². The number of thiophene rings is 1. The average molecular weight is 453 g/mol. The molecular formula is C24H25FN4O2S. The number of hydrogen-bond acceptors (Lipinski definition) is 6. The molecule has 166 valence electrons. The maximum absolute atomic E-state index is 15.3. The molecule has 8 heteroatoms. The fraction of sp³-hybridized carbons (Fsp3) is 0.417. The van der Waals surface area contributed by atoms with Crippen LogP contribution in [0.2, 0.25) is 0 Å². The van der Waals surface area contributed by atoms with Crippen molar-refractivity contribution < 1.29 is 13.9 Å². The van der Waals surface area contributed by atoms with E-state index in [2.05, 4.69) is 15.2 Å². The quantitative estimate of drug-likeness (QED) is 0.637. The van der Waals surface area contributed by atoms with Crippen LogP contribution in [0.15, 0.2) is 24.3 Å². The third-order valence-corrected chi connectivity index (χ3v) is 8.30. The van der Waals surface area contributed by atoms with E-state index in [9.17, 15) is 4.79 Å². The molecule has 3 atom stereocenters. The number of primary amides is 1. The maximum Gasteiger partial charge on any atom is 0.259 e. The van der Waals surface area contributed by atoms with Gasteiger partial charge in [-0.25, -0.2) is 9.37 Å². The lowest BCUT2D eigenvalue weighted by Crippen LogP contribution is -2.34. The van der Waals surface area contributed by atoms with Gasteiger partial charge in [-0.05, 0) is 49.4 Å². The Kier molecular flexibility index (Phi) is 4.62. The zero-order valence-electron chi connectivity index (χ0n) is 17.9. The molecule has 0 aliphatic carbocycles. The average Bonchev–Trinajstić information content (AvgIpc) is 3.47. The first-order chi connectivity index (χ1) is 15.5. The molecule has 32 heavy (non-hydrogen) atoms. The van der Waals surface area contributed by atoms with Gasteiger partial charge in [0.05, 0.1) is 11.5 Å². The number of halogens is 1. The molecule has 2 saturated heterocycles. The lowest BCUT2D eigenvalue weighted by Gasteiger charge is -2.30. The number of carbonyl (C=O) groups excluding carboxylic acids is 1. The largest absolute Gasteiger partial charge is 0.492 e. The fourth-order valence-electron chi connectivity index (χ4n) is 5.62. The Balaban J connectivity index is 1.36. The summed E-state index contributed by atoms with van der Waals surface area (Å²) in [6.07, 6.45) is 1.60. The SMILES string of the molecule is Cc1ccc2c([C@@H]3COc4cc(N5CC[C@H]6CNC[C@H]65)cc(F)c4C3)c(C(N)=O)sc2n1. The van der Waals surface area contributed by atoms with Crippen LogP contribution in [0.4, 0.5) is 10.1 Å². The zero-order chi connectivity index (χ0) is 22.0. The van der Waals surface area contributed by atoms with Crippen molar-refractivity contribution >= 4 is 33.1 Å². The Morgan fingerprint density at radius 3 is 3.06 bits per heavy atom. The molecule has 3 aliphatic heterocycles. The number of nitrogens with zero attached hydrogens (tertiary/aromatic N) is 2. The van der Waals surface area contributed by atoms with Crippen molar-refractivity contribution in [1.82, 2.24) is 10.3 Å². The van der Waals surface area contributed by atoms with E-state index in [-0.39, 0.29) is 11.7 Å². The van der Waals surface area contributed by atoms with Gasteiger partial charge in [-0.15, -0.1) is 11.3 Å². The molecule has 0 bridgehead atoms. The summed E-state index contributed by atoms with van der Waals surface area (Å²) in [7, 11) is 0. The number of fused-ring (bicyclic) bond motifs is 3. The second kappa shape index (κ2) is 7.42. The standard InChI is InChI=1S/C24H25FN4O2S/c1-12-2-3-16-21(22(23(26)30)32-24(16)28-12)14-6-17-18(25)7-15(8-20(17)31-11-14)29-5-4-13-9-27-10-19(13)29/h2-3,7-8,13-14,19,27H,4-6,9-11H2,1H3,(H2,26,30)/t13-,14-,19+/m0/s1. The summed E-state index contributed by atoms with van der Waals surface area (Å²) in [4.78, 5) is 20.3. The first-order valence-electron chi connectivity index (χ1n) is 11.1. The van der Waals surface area contributed by atoms with Crippen molar-refractivity contribution in [2.45, 2.75) is 31.7 Å². The smallest absolute Gasteiger partial charge is 0.259 e. The van der Waals surface area contributed by atoms with Gasteiger partial charge in [-0.3, -0.25) is 4.79 Å². The van der Waals surface area contributed by atoms with Crippen LogP contribution in [0.3, 0.4) is 0 Å². The van der Waals surface area contributed by atoms with Crippen LogP contribution in [-0.4, -0.2) is 43.2 Å². The predicted molar refractivity (Wildman–Crippen MR) is 123 cm³/mol. The third kappa shape index (κ3) is 3.08. The summed E-state index contributed by atoms with van der Waals surface area (Å²) in [6, 6.07) is 7.96. The molecule has 6 nitrogen and oxygen atoms in total. The van der Waals surface area contributed by atoms with Crippen molar-refractivity contribution in [2.24, 2.45) is 11.7 Å². The number of amides is 1. The first-order valence-corrected chi connectivity index (χ1v) is 11.9. The van der Waals surface area contributed by atoms with Crippen molar-refractivity contribution in [3.05, 3.63) is 51.8 Å². The molecule has 1 amide bonds. The Labute approximate surface area is 189 Å². The number of benzene rings is 1. The lowest BCUT2D eigenvalue weighted by molar-refractivity contribution is 0.100. The third-order valence-electron chi connectivity index (χ3n) is 7.17. The van der Waals surface area contributed by atoms with Gasteiger partial charge in [0.1, 0.15) is 16.4 Å². The molecule has 3 aromatic rings. The Morgan fingerprint density at radius 2 is 2.22 bits per heavy atom. The van der Waals surface area contributed by atoms with Crippen molar-refractivity contribution in [2.75, 3.05) is 31.1 Å². The summed E-state index contributed by atoms with van der Waals surface area (Å²) in [5, 5.41) is 4.35. The highest BCUT2D eigenvalue weighted by atomic mass is 32.1. The lowest BCUT2D eigenvalue weighted by atomic mass is 9.88. The van der Waals surface area contributed by atoms with Gasteiger partial charge in [0.2, 0.25) is 0 Å². The predicted octanol–water partition coefficient (Wildman–Crippen LogP) is 3.36. The number of aryl methyl sites for hydroxylation is 1. The van der Waals surface area contributed by atoms with Gasteiger partial charge in [-0.1, -0.05) is 0 Å². The van der Waals surface area contributed by atoms with Crippen molar-refractivity contribution in [1.29, 1.82) is 0 Å². The second-order valence-electron chi connectivity index (χ2n) is 9.10. The summed E-state index contributed by atoms with van der Waals surface area (Å²) < 4.78 is 21.5. The number of aromatic nitrogens is 1. The van der Waals surface area contributed by atoms with Crippen LogP contribution >= 0.6 is 11.3 Å². The van der Waals surface area contributed by atoms with Crippen LogP contribution in [-0.2, 0) is 6.42 Å². The summed E-state index contributed by atoms with van der Waals surface area (Å²) >= 11 is 1.31. The summed E-state index contributed by atoms with van der Waals surface area (Å²) in [5.74, 6) is 0.371. The number of nitrogens with one attached hydrogen (secondary N) is 1. The van der Waals surface area contributed by atoms with Crippen LogP contribution in [0.1, 0.15) is 38.8 Å². The van der Waals surface area contributed by atoms with Gasteiger partial charge < -0.3 is 20.7 Å². The van der Waals surface area contributed by atoms with Gasteiger partial charge in [0.15, 0.2) is 0 Å². The first kappa shape index (κ1) is 19.9. The van der Waals surface area contributed by atoms with E-state index in [0.717, 1.165) is 53.2 Å². The normalized spacial score (nSPS) is 24.4. The van der Waals surface area contributed by atoms with Gasteiger partial charge in [0, 0.05) is 60.0 Å². The zero-order valence-corrected chi connectivity index (χ0v) is 18.7. The van der Waals surface area contributed by atoms with E-state index < -0.39 is 5.91 Å².